The summed E-state index contributed by atoms with van der Waals surface area (Å²) in [5, 5.41) is 4.06. The molecule has 0 bridgehead atoms. The van der Waals surface area contributed by atoms with E-state index in [2.05, 4.69) is 29.0 Å². The lowest BCUT2D eigenvalue weighted by atomic mass is 9.96. The van der Waals surface area contributed by atoms with Crippen LogP contribution in [0.5, 0.6) is 0 Å². The number of piperidine rings is 1. The van der Waals surface area contributed by atoms with Crippen LogP contribution in [0.25, 0.3) is 21.6 Å². The van der Waals surface area contributed by atoms with Crippen molar-refractivity contribution in [3.63, 3.8) is 0 Å². The van der Waals surface area contributed by atoms with Crippen molar-refractivity contribution in [1.29, 1.82) is 0 Å². The highest BCUT2D eigenvalue weighted by molar-refractivity contribution is 7.21. The second kappa shape index (κ2) is 8.22. The van der Waals surface area contributed by atoms with E-state index < -0.39 is 0 Å². The maximum atomic E-state index is 12.3. The van der Waals surface area contributed by atoms with Crippen molar-refractivity contribution >= 4 is 32.7 Å². The molecule has 0 radical (unpaired) electrons. The Balaban J connectivity index is 1.43. The minimum atomic E-state index is 0.112. The number of carbonyl (C=O) groups excluding carboxylic acids is 1. The minimum Gasteiger partial charge on any atom is -0.356 e. The van der Waals surface area contributed by atoms with Crippen LogP contribution in [0.4, 0.5) is 5.13 Å². The van der Waals surface area contributed by atoms with Gasteiger partial charge in [0.05, 0.1) is 5.69 Å². The summed E-state index contributed by atoms with van der Waals surface area (Å²) in [4.78, 5) is 29.1. The standard InChI is InChI=1S/C21H25N5OS/c1-14(2)13-23-19(27)16-7-11-26(12-8-16)21-25-18-4-3-17(24-20(18)28-21)15-5-9-22-10-6-15/h3-6,9-10,14,16H,7-8,11-13H2,1-2H3,(H,23,27). The summed E-state index contributed by atoms with van der Waals surface area (Å²) < 4.78 is 0. The van der Waals surface area contributed by atoms with Crippen LogP contribution in [-0.2, 0) is 4.79 Å². The van der Waals surface area contributed by atoms with Crippen molar-refractivity contribution in [2.75, 3.05) is 24.5 Å². The summed E-state index contributed by atoms with van der Waals surface area (Å²) in [5.74, 6) is 0.790. The molecule has 0 saturated carbocycles. The molecule has 28 heavy (non-hydrogen) atoms. The van der Waals surface area contributed by atoms with Gasteiger partial charge in [-0.2, -0.15) is 0 Å². The van der Waals surface area contributed by atoms with E-state index in [1.54, 1.807) is 23.7 Å². The number of thiazole rings is 1. The molecule has 1 amide bonds. The molecule has 4 rings (SSSR count). The van der Waals surface area contributed by atoms with E-state index in [0.29, 0.717) is 5.92 Å². The zero-order valence-corrected chi connectivity index (χ0v) is 17.1. The van der Waals surface area contributed by atoms with Gasteiger partial charge in [0, 0.05) is 43.5 Å². The maximum absolute atomic E-state index is 12.3. The molecule has 0 unspecified atom stereocenters. The Bertz CT molecular complexity index is 948. The third-order valence-corrected chi connectivity index (χ3v) is 6.07. The molecule has 3 aromatic rings. The molecule has 1 N–H and O–H groups in total. The lowest BCUT2D eigenvalue weighted by molar-refractivity contribution is -0.125. The van der Waals surface area contributed by atoms with Crippen molar-refractivity contribution in [1.82, 2.24) is 20.3 Å². The lowest BCUT2D eigenvalue weighted by Gasteiger charge is -2.31. The molecular formula is C21H25N5OS. The van der Waals surface area contributed by atoms with Gasteiger partial charge in [-0.1, -0.05) is 25.2 Å². The SMILES string of the molecule is CC(C)CNC(=O)C1CCN(c2nc3ccc(-c4ccncc4)nc3s2)CC1. The van der Waals surface area contributed by atoms with Crippen LogP contribution in [0.1, 0.15) is 26.7 Å². The van der Waals surface area contributed by atoms with Gasteiger partial charge in [-0.15, -0.1) is 0 Å². The quantitative estimate of drug-likeness (QED) is 0.713. The van der Waals surface area contributed by atoms with Gasteiger partial charge in [0.2, 0.25) is 5.91 Å². The van der Waals surface area contributed by atoms with Gasteiger partial charge >= 0.3 is 0 Å². The Morgan fingerprint density at radius 3 is 2.64 bits per heavy atom. The first-order valence-corrected chi connectivity index (χ1v) is 10.6. The zero-order chi connectivity index (χ0) is 19.5. The summed E-state index contributed by atoms with van der Waals surface area (Å²) in [7, 11) is 0. The van der Waals surface area contributed by atoms with Crippen LogP contribution in [0.2, 0.25) is 0 Å². The second-order valence-electron chi connectivity index (χ2n) is 7.65. The van der Waals surface area contributed by atoms with E-state index in [1.807, 2.05) is 24.3 Å². The zero-order valence-electron chi connectivity index (χ0n) is 16.3. The average Bonchev–Trinajstić information content (AvgIpc) is 3.16. The summed E-state index contributed by atoms with van der Waals surface area (Å²) in [6, 6.07) is 7.97. The number of hydrogen-bond acceptors (Lipinski definition) is 6. The Morgan fingerprint density at radius 2 is 1.93 bits per heavy atom. The number of rotatable bonds is 5. The van der Waals surface area contributed by atoms with Gasteiger partial charge < -0.3 is 10.2 Å². The number of nitrogens with one attached hydrogen (secondary N) is 1. The first-order chi connectivity index (χ1) is 13.6. The van der Waals surface area contributed by atoms with E-state index in [0.717, 1.165) is 59.2 Å². The number of fused-ring (bicyclic) bond motifs is 1. The molecule has 1 aliphatic heterocycles. The summed E-state index contributed by atoms with van der Waals surface area (Å²) in [6.45, 7) is 6.70. The topological polar surface area (TPSA) is 71.0 Å². The predicted octanol–water partition coefficient (Wildman–Crippen LogP) is 3.74. The molecular weight excluding hydrogens is 370 g/mol. The number of pyridine rings is 2. The minimum absolute atomic E-state index is 0.112. The Labute approximate surface area is 169 Å². The van der Waals surface area contributed by atoms with Crippen molar-refractivity contribution in [2.45, 2.75) is 26.7 Å². The Kier molecular flexibility index (Phi) is 5.52. The van der Waals surface area contributed by atoms with Crippen molar-refractivity contribution in [2.24, 2.45) is 11.8 Å². The predicted molar refractivity (Wildman–Crippen MR) is 113 cm³/mol. The molecule has 1 fully saturated rings. The van der Waals surface area contributed by atoms with Gasteiger partial charge in [-0.3, -0.25) is 9.78 Å². The van der Waals surface area contributed by atoms with Crippen LogP contribution in [0, 0.1) is 11.8 Å². The summed E-state index contributed by atoms with van der Waals surface area (Å²) >= 11 is 1.62. The highest BCUT2D eigenvalue weighted by Crippen LogP contribution is 2.32. The number of nitrogens with zero attached hydrogens (tertiary/aromatic N) is 4. The third-order valence-electron chi connectivity index (χ3n) is 5.04. The smallest absolute Gasteiger partial charge is 0.223 e. The highest BCUT2D eigenvalue weighted by atomic mass is 32.1. The first-order valence-electron chi connectivity index (χ1n) is 9.81. The second-order valence-corrected chi connectivity index (χ2v) is 8.61. The summed E-state index contributed by atoms with van der Waals surface area (Å²) in [6.07, 6.45) is 5.30. The lowest BCUT2D eigenvalue weighted by Crippen LogP contribution is -2.41. The number of amides is 1. The summed E-state index contributed by atoms with van der Waals surface area (Å²) in [5.41, 5.74) is 2.92. The largest absolute Gasteiger partial charge is 0.356 e. The number of carbonyl (C=O) groups is 1. The van der Waals surface area contributed by atoms with Crippen LogP contribution in [0.15, 0.2) is 36.7 Å². The van der Waals surface area contributed by atoms with E-state index in [1.165, 1.54) is 0 Å². The molecule has 6 nitrogen and oxygen atoms in total. The van der Waals surface area contributed by atoms with Crippen molar-refractivity contribution in [3.8, 4) is 11.3 Å². The average molecular weight is 396 g/mol. The Hall–Kier alpha value is -2.54. The van der Waals surface area contributed by atoms with Gasteiger partial charge in [0.15, 0.2) is 5.13 Å². The van der Waals surface area contributed by atoms with Gasteiger partial charge in [0.1, 0.15) is 10.3 Å². The fourth-order valence-corrected chi connectivity index (χ4v) is 4.40. The highest BCUT2D eigenvalue weighted by Gasteiger charge is 2.26. The monoisotopic (exact) mass is 395 g/mol. The number of hydrogen-bond donors (Lipinski definition) is 1. The van der Waals surface area contributed by atoms with Gasteiger partial charge in [-0.25, -0.2) is 9.97 Å². The van der Waals surface area contributed by atoms with Crippen LogP contribution in [-0.4, -0.2) is 40.5 Å². The molecule has 7 heteroatoms. The van der Waals surface area contributed by atoms with E-state index in [-0.39, 0.29) is 11.8 Å². The molecule has 146 valence electrons. The van der Waals surface area contributed by atoms with Crippen molar-refractivity contribution in [3.05, 3.63) is 36.7 Å². The molecule has 1 aliphatic rings. The molecule has 0 spiro atoms. The molecule has 1 saturated heterocycles. The maximum Gasteiger partial charge on any atom is 0.223 e. The van der Waals surface area contributed by atoms with Gasteiger partial charge in [-0.05, 0) is 43.0 Å². The number of anilines is 1. The van der Waals surface area contributed by atoms with E-state index in [4.69, 9.17) is 9.97 Å². The normalized spacial score (nSPS) is 15.3. The number of aromatic nitrogens is 3. The van der Waals surface area contributed by atoms with Crippen LogP contribution in [0.3, 0.4) is 0 Å². The molecule has 0 atom stereocenters. The molecule has 3 aromatic heterocycles. The molecule has 0 aliphatic carbocycles. The first kappa shape index (κ1) is 18.8. The van der Waals surface area contributed by atoms with Gasteiger partial charge in [0.25, 0.3) is 0 Å². The van der Waals surface area contributed by atoms with E-state index in [9.17, 15) is 4.79 Å². The van der Waals surface area contributed by atoms with Crippen LogP contribution < -0.4 is 10.2 Å². The fourth-order valence-electron chi connectivity index (χ4n) is 3.41. The van der Waals surface area contributed by atoms with E-state index >= 15 is 0 Å². The van der Waals surface area contributed by atoms with Crippen molar-refractivity contribution < 1.29 is 4.79 Å². The molecule has 4 heterocycles. The van der Waals surface area contributed by atoms with Crippen LogP contribution >= 0.6 is 11.3 Å². The Morgan fingerprint density at radius 1 is 1.18 bits per heavy atom. The third kappa shape index (κ3) is 4.14. The fraction of sp³-hybridized carbons (Fsp3) is 0.429. The molecule has 0 aromatic carbocycles.